The van der Waals surface area contributed by atoms with Crippen molar-refractivity contribution in [2.75, 3.05) is 26.4 Å². The summed E-state index contributed by atoms with van der Waals surface area (Å²) in [4.78, 5) is 16.7. The molecule has 2 N–H and O–H groups in total. The highest BCUT2D eigenvalue weighted by Crippen LogP contribution is 2.40. The average Bonchev–Trinajstić information content (AvgIpc) is 3.19. The van der Waals surface area contributed by atoms with Gasteiger partial charge >= 0.3 is 6.18 Å². The molecule has 1 aliphatic carbocycles. The van der Waals surface area contributed by atoms with Crippen LogP contribution in [-0.4, -0.2) is 52.7 Å². The van der Waals surface area contributed by atoms with E-state index >= 15 is 0 Å². The first kappa shape index (κ1) is 25.8. The quantitative estimate of drug-likeness (QED) is 0.568. The minimum Gasteiger partial charge on any atom is -0.396 e. The molecule has 0 bridgehead atoms. The van der Waals surface area contributed by atoms with Crippen LogP contribution in [0.15, 0.2) is 12.1 Å². The van der Waals surface area contributed by atoms with E-state index in [2.05, 4.69) is 10.3 Å². The van der Waals surface area contributed by atoms with Crippen molar-refractivity contribution in [2.24, 2.45) is 11.3 Å². The number of hydrogen-bond acceptors (Lipinski definition) is 4. The number of carbonyl (C=O) groups is 1. The number of aliphatic hydroxyl groups is 1. The normalized spacial score (nSPS) is 20.8. The number of rotatable bonds is 6. The number of fused-ring (bicyclic) bond motifs is 1. The van der Waals surface area contributed by atoms with E-state index in [-0.39, 0.29) is 68.1 Å². The maximum atomic E-state index is 13.9. The van der Waals surface area contributed by atoms with Gasteiger partial charge in [-0.15, -0.1) is 0 Å². The van der Waals surface area contributed by atoms with E-state index in [1.54, 1.807) is 6.92 Å². The van der Waals surface area contributed by atoms with Crippen LogP contribution < -0.4 is 5.32 Å². The molecule has 0 spiro atoms. The number of imidazole rings is 1. The number of hydrogen-bond donors (Lipinski definition) is 2. The molecule has 4 rings (SSSR count). The average molecular weight is 504 g/mol. The molecule has 0 radical (unpaired) electrons. The van der Waals surface area contributed by atoms with Gasteiger partial charge in [0.1, 0.15) is 5.65 Å². The van der Waals surface area contributed by atoms with Gasteiger partial charge < -0.3 is 19.6 Å². The van der Waals surface area contributed by atoms with Crippen molar-refractivity contribution >= 4 is 11.6 Å². The fraction of sp³-hybridized carbons (Fsp3) is 0.667. The molecule has 2 aromatic rings. The lowest BCUT2D eigenvalue weighted by Gasteiger charge is -2.35. The highest BCUT2D eigenvalue weighted by Gasteiger charge is 2.41. The number of halogens is 5. The lowest BCUT2D eigenvalue weighted by molar-refractivity contribution is -0.141. The van der Waals surface area contributed by atoms with Crippen LogP contribution in [0.1, 0.15) is 66.0 Å². The Labute approximate surface area is 199 Å². The first-order valence-corrected chi connectivity index (χ1v) is 11.9. The van der Waals surface area contributed by atoms with Crippen LogP contribution in [0.25, 0.3) is 5.65 Å². The smallest absolute Gasteiger partial charge is 0.396 e. The molecular formula is C24H30F5N3O3. The third-order valence-corrected chi connectivity index (χ3v) is 7.36. The van der Waals surface area contributed by atoms with Gasteiger partial charge in [-0.1, -0.05) is 0 Å². The van der Waals surface area contributed by atoms with Crippen LogP contribution in [0.2, 0.25) is 0 Å². The minimum atomic E-state index is -4.72. The van der Waals surface area contributed by atoms with Gasteiger partial charge in [-0.05, 0) is 57.1 Å². The number of aromatic nitrogens is 2. The zero-order valence-electron chi connectivity index (χ0n) is 19.6. The van der Waals surface area contributed by atoms with Crippen LogP contribution in [0, 0.1) is 18.3 Å². The maximum Gasteiger partial charge on any atom is 0.435 e. The van der Waals surface area contributed by atoms with E-state index in [0.717, 1.165) is 0 Å². The van der Waals surface area contributed by atoms with E-state index in [4.69, 9.17) is 4.74 Å². The lowest BCUT2D eigenvalue weighted by Crippen LogP contribution is -2.43. The Bertz CT molecular complexity index is 1070. The zero-order valence-corrected chi connectivity index (χ0v) is 19.6. The second kappa shape index (κ2) is 9.65. The predicted molar refractivity (Wildman–Crippen MR) is 117 cm³/mol. The van der Waals surface area contributed by atoms with E-state index in [1.807, 2.05) is 0 Å². The van der Waals surface area contributed by atoms with E-state index in [0.29, 0.717) is 31.7 Å². The largest absolute Gasteiger partial charge is 0.435 e. The van der Waals surface area contributed by atoms with Crippen LogP contribution in [0.4, 0.5) is 22.0 Å². The van der Waals surface area contributed by atoms with Crippen molar-refractivity contribution in [3.8, 4) is 0 Å². The topological polar surface area (TPSA) is 75.9 Å². The Kier molecular flexibility index (Phi) is 7.11. The minimum absolute atomic E-state index is 0.0125. The summed E-state index contributed by atoms with van der Waals surface area (Å²) < 4.78 is 75.3. The van der Waals surface area contributed by atoms with Gasteiger partial charge in [0, 0.05) is 49.3 Å². The Morgan fingerprint density at radius 3 is 2.46 bits per heavy atom. The first-order valence-electron chi connectivity index (χ1n) is 11.9. The van der Waals surface area contributed by atoms with Crippen molar-refractivity contribution in [2.45, 2.75) is 64.0 Å². The first-order chi connectivity index (χ1) is 16.4. The summed E-state index contributed by atoms with van der Waals surface area (Å²) in [6.07, 6.45) is -3.92. The van der Waals surface area contributed by atoms with Crippen molar-refractivity contribution in [3.05, 3.63) is 34.8 Å². The Morgan fingerprint density at radius 1 is 1.20 bits per heavy atom. The van der Waals surface area contributed by atoms with Crippen LogP contribution in [-0.2, 0) is 17.3 Å². The molecule has 1 saturated carbocycles. The summed E-state index contributed by atoms with van der Waals surface area (Å²) in [7, 11) is 0. The van der Waals surface area contributed by atoms with Gasteiger partial charge in [0.05, 0.1) is 12.3 Å². The number of alkyl halides is 5. The number of nitrogens with zero attached hydrogens (tertiary/aromatic N) is 2. The van der Waals surface area contributed by atoms with Gasteiger partial charge in [0.25, 0.3) is 5.91 Å². The Morgan fingerprint density at radius 2 is 1.86 bits per heavy atom. The summed E-state index contributed by atoms with van der Waals surface area (Å²) in [5, 5.41) is 12.6. The van der Waals surface area contributed by atoms with Gasteiger partial charge in [-0.2, -0.15) is 13.2 Å². The predicted octanol–water partition coefficient (Wildman–Crippen LogP) is 4.55. The molecule has 3 heterocycles. The van der Waals surface area contributed by atoms with Crippen molar-refractivity contribution in [1.82, 2.24) is 14.7 Å². The molecular weight excluding hydrogens is 473 g/mol. The Balaban J connectivity index is 1.60. The summed E-state index contributed by atoms with van der Waals surface area (Å²) in [5.74, 6) is -3.53. The molecule has 2 aromatic heterocycles. The number of aryl methyl sites for hydroxylation is 1. The molecule has 6 nitrogen and oxygen atoms in total. The van der Waals surface area contributed by atoms with Crippen LogP contribution in [0.3, 0.4) is 0 Å². The number of aliphatic hydroxyl groups excluding tert-OH is 1. The SMILES string of the molecule is Cc1cc(C(=O)NCC2(CO)CCOCC2)cc2nc(C(F)(F)F)c(CC3CCC(F)(F)CC3)n12. The second-order valence-electron chi connectivity index (χ2n) is 9.94. The second-order valence-corrected chi connectivity index (χ2v) is 9.94. The highest BCUT2D eigenvalue weighted by molar-refractivity contribution is 5.95. The molecule has 1 saturated heterocycles. The molecule has 2 aliphatic rings. The molecule has 0 atom stereocenters. The summed E-state index contributed by atoms with van der Waals surface area (Å²) in [6, 6.07) is 2.81. The number of pyridine rings is 1. The van der Waals surface area contributed by atoms with Crippen LogP contribution in [0.5, 0.6) is 0 Å². The molecule has 194 valence electrons. The highest BCUT2D eigenvalue weighted by atomic mass is 19.4. The molecule has 1 amide bonds. The van der Waals surface area contributed by atoms with Gasteiger partial charge in [-0.3, -0.25) is 4.79 Å². The monoisotopic (exact) mass is 503 g/mol. The number of nitrogens with one attached hydrogen (secondary N) is 1. The van der Waals surface area contributed by atoms with Crippen molar-refractivity contribution in [3.63, 3.8) is 0 Å². The third kappa shape index (κ3) is 5.61. The zero-order chi connectivity index (χ0) is 25.4. The van der Waals surface area contributed by atoms with Gasteiger partial charge in [0.2, 0.25) is 5.92 Å². The third-order valence-electron chi connectivity index (χ3n) is 7.36. The summed E-state index contributed by atoms with van der Waals surface area (Å²) in [6.45, 7) is 2.67. The summed E-state index contributed by atoms with van der Waals surface area (Å²) >= 11 is 0. The van der Waals surface area contributed by atoms with Gasteiger partial charge in [-0.25, -0.2) is 13.8 Å². The van der Waals surface area contributed by atoms with Crippen molar-refractivity contribution < 1.29 is 36.6 Å². The molecule has 2 fully saturated rings. The van der Waals surface area contributed by atoms with E-state index in [1.165, 1.54) is 16.5 Å². The molecule has 0 unspecified atom stereocenters. The fourth-order valence-electron chi connectivity index (χ4n) is 5.12. The number of ether oxygens (including phenoxy) is 1. The molecule has 11 heteroatoms. The maximum absolute atomic E-state index is 13.9. The lowest BCUT2D eigenvalue weighted by atomic mass is 9.81. The Hall–Kier alpha value is -2.27. The van der Waals surface area contributed by atoms with Crippen molar-refractivity contribution in [1.29, 1.82) is 0 Å². The molecule has 0 aromatic carbocycles. The van der Waals surface area contributed by atoms with E-state index < -0.39 is 29.1 Å². The number of amides is 1. The number of carbonyl (C=O) groups excluding carboxylic acids is 1. The fourth-order valence-corrected chi connectivity index (χ4v) is 5.12. The van der Waals surface area contributed by atoms with Crippen LogP contribution >= 0.6 is 0 Å². The standard InChI is InChI=1S/C24H30F5N3O3/c1-15-10-17(21(34)30-13-22(14-33)6-8-35-9-7-22)12-19-31-20(24(27,28)29)18(32(15)19)11-16-2-4-23(25,26)5-3-16/h10,12,16,33H,2-9,11,13-14H2,1H3,(H,30,34). The van der Waals surface area contributed by atoms with E-state index in [9.17, 15) is 31.9 Å². The molecule has 1 aliphatic heterocycles. The summed E-state index contributed by atoms with van der Waals surface area (Å²) in [5.41, 5.74) is -1.05. The molecule has 35 heavy (non-hydrogen) atoms. The van der Waals surface area contributed by atoms with Gasteiger partial charge in [0.15, 0.2) is 5.69 Å².